The first-order valence-electron chi connectivity index (χ1n) is 8.49. The van der Waals surface area contributed by atoms with E-state index in [9.17, 15) is 19.2 Å². The zero-order valence-electron chi connectivity index (χ0n) is 14.8. The van der Waals surface area contributed by atoms with Crippen LogP contribution in [0.4, 0.5) is 10.5 Å². The van der Waals surface area contributed by atoms with Gasteiger partial charge in [0.1, 0.15) is 13.0 Å². The van der Waals surface area contributed by atoms with E-state index in [4.69, 9.17) is 4.74 Å². The number of imide groups is 2. The molecule has 0 bridgehead atoms. The first-order valence-corrected chi connectivity index (χ1v) is 8.49. The van der Waals surface area contributed by atoms with Crippen LogP contribution in [0.5, 0.6) is 0 Å². The number of nitrogens with zero attached hydrogens (tertiary/aromatic N) is 2. The third kappa shape index (κ3) is 3.87. The lowest BCUT2D eigenvalue weighted by molar-refractivity contribution is -0.134. The highest BCUT2D eigenvalue weighted by atomic mass is 16.5. The van der Waals surface area contributed by atoms with E-state index in [1.807, 2.05) is 30.3 Å². The lowest BCUT2D eigenvalue weighted by atomic mass is 10.1. The van der Waals surface area contributed by atoms with Crippen LogP contribution in [0.2, 0.25) is 0 Å². The van der Waals surface area contributed by atoms with Crippen molar-refractivity contribution in [3.8, 4) is 0 Å². The minimum absolute atomic E-state index is 0.151. The number of carbonyl (C=O) groups excluding carboxylic acids is 4. The summed E-state index contributed by atoms with van der Waals surface area (Å²) in [5, 5.41) is 0. The molecule has 4 amide bonds. The number of esters is 1. The van der Waals surface area contributed by atoms with Gasteiger partial charge in [0.25, 0.3) is 0 Å². The van der Waals surface area contributed by atoms with Gasteiger partial charge in [-0.3, -0.25) is 14.5 Å². The zero-order chi connectivity index (χ0) is 19.4. The Morgan fingerprint density at radius 1 is 0.963 bits per heavy atom. The van der Waals surface area contributed by atoms with Crippen LogP contribution in [-0.4, -0.2) is 35.3 Å². The molecule has 0 radical (unpaired) electrons. The first kappa shape index (κ1) is 18.3. The fraction of sp³-hybridized carbons (Fsp3) is 0.200. The Labute approximate surface area is 156 Å². The lowest BCUT2D eigenvalue weighted by Crippen LogP contribution is -2.55. The van der Waals surface area contributed by atoms with Crippen LogP contribution in [0.15, 0.2) is 54.6 Å². The number of amides is 4. The molecule has 0 aliphatic carbocycles. The van der Waals surface area contributed by atoms with Crippen molar-refractivity contribution in [3.05, 3.63) is 65.7 Å². The summed E-state index contributed by atoms with van der Waals surface area (Å²) in [6, 6.07) is 14.5. The highest BCUT2D eigenvalue weighted by molar-refractivity contribution is 6.26. The van der Waals surface area contributed by atoms with Crippen molar-refractivity contribution in [2.24, 2.45) is 0 Å². The van der Waals surface area contributed by atoms with Crippen molar-refractivity contribution >= 4 is 29.5 Å². The fourth-order valence-electron chi connectivity index (χ4n) is 2.76. The topological polar surface area (TPSA) is 84.0 Å². The van der Waals surface area contributed by atoms with Gasteiger partial charge in [-0.15, -0.1) is 0 Å². The Morgan fingerprint density at radius 3 is 2.26 bits per heavy atom. The molecular weight excluding hydrogens is 348 g/mol. The molecule has 0 spiro atoms. The zero-order valence-corrected chi connectivity index (χ0v) is 14.8. The van der Waals surface area contributed by atoms with Crippen molar-refractivity contribution in [2.45, 2.75) is 20.0 Å². The van der Waals surface area contributed by atoms with E-state index in [-0.39, 0.29) is 19.6 Å². The molecule has 1 saturated heterocycles. The van der Waals surface area contributed by atoms with Crippen LogP contribution in [0.1, 0.15) is 29.3 Å². The second-order valence-electron chi connectivity index (χ2n) is 5.94. The molecule has 0 aromatic heterocycles. The number of urea groups is 1. The van der Waals surface area contributed by atoms with E-state index in [0.29, 0.717) is 11.3 Å². The van der Waals surface area contributed by atoms with Gasteiger partial charge in [0.15, 0.2) is 0 Å². The number of ether oxygens (including phenoxy) is 1. The molecule has 7 heteroatoms. The molecule has 0 N–H and O–H groups in total. The average molecular weight is 366 g/mol. The van der Waals surface area contributed by atoms with Gasteiger partial charge in [-0.25, -0.2) is 14.5 Å². The standard InChI is InChI=1S/C20H18N2O5/c1-2-21-17(23)12-18(24)22(20(21)26)16-10-8-15(9-11-16)19(25)27-13-14-6-4-3-5-7-14/h3-11H,2,12-13H2,1H3. The smallest absolute Gasteiger partial charge is 0.338 e. The Kier molecular flexibility index (Phi) is 5.30. The van der Waals surface area contributed by atoms with Crippen LogP contribution in [-0.2, 0) is 20.9 Å². The molecule has 138 valence electrons. The van der Waals surface area contributed by atoms with E-state index >= 15 is 0 Å². The number of rotatable bonds is 5. The summed E-state index contributed by atoms with van der Waals surface area (Å²) in [7, 11) is 0. The van der Waals surface area contributed by atoms with Gasteiger partial charge in [0.05, 0.1) is 11.3 Å². The minimum Gasteiger partial charge on any atom is -0.457 e. The Bertz CT molecular complexity index is 877. The molecule has 3 rings (SSSR count). The quantitative estimate of drug-likeness (QED) is 0.600. The van der Waals surface area contributed by atoms with E-state index in [1.54, 1.807) is 6.92 Å². The van der Waals surface area contributed by atoms with Crippen LogP contribution in [0.3, 0.4) is 0 Å². The summed E-state index contributed by atoms with van der Waals surface area (Å²) in [5.41, 5.74) is 1.47. The summed E-state index contributed by atoms with van der Waals surface area (Å²) in [6.45, 7) is 2.00. The second kappa shape index (κ2) is 7.82. The maximum atomic E-state index is 12.4. The fourth-order valence-corrected chi connectivity index (χ4v) is 2.76. The van der Waals surface area contributed by atoms with Crippen LogP contribution in [0, 0.1) is 0 Å². The highest BCUT2D eigenvalue weighted by Crippen LogP contribution is 2.22. The number of barbiturate groups is 1. The highest BCUT2D eigenvalue weighted by Gasteiger charge is 2.37. The van der Waals surface area contributed by atoms with Crippen LogP contribution < -0.4 is 4.90 Å². The van der Waals surface area contributed by atoms with E-state index in [2.05, 4.69) is 0 Å². The van der Waals surface area contributed by atoms with Crippen LogP contribution in [0.25, 0.3) is 0 Å². The third-order valence-corrected chi connectivity index (χ3v) is 4.17. The number of anilines is 1. The van der Waals surface area contributed by atoms with Crippen molar-refractivity contribution in [1.29, 1.82) is 0 Å². The average Bonchev–Trinajstić information content (AvgIpc) is 2.67. The monoisotopic (exact) mass is 366 g/mol. The maximum absolute atomic E-state index is 12.4. The third-order valence-electron chi connectivity index (χ3n) is 4.17. The predicted molar refractivity (Wildman–Crippen MR) is 96.9 cm³/mol. The van der Waals surface area contributed by atoms with Crippen molar-refractivity contribution < 1.29 is 23.9 Å². The molecule has 1 aliphatic rings. The van der Waals surface area contributed by atoms with Gasteiger partial charge in [-0.05, 0) is 36.8 Å². The van der Waals surface area contributed by atoms with Gasteiger partial charge < -0.3 is 4.74 Å². The molecule has 0 atom stereocenters. The summed E-state index contributed by atoms with van der Waals surface area (Å²) in [6.07, 6.45) is -0.361. The normalized spacial score (nSPS) is 14.5. The number of carbonyl (C=O) groups is 4. The van der Waals surface area contributed by atoms with Crippen molar-refractivity contribution in [1.82, 2.24) is 4.90 Å². The van der Waals surface area contributed by atoms with Crippen molar-refractivity contribution in [2.75, 3.05) is 11.4 Å². The molecular formula is C20H18N2O5. The lowest BCUT2D eigenvalue weighted by Gasteiger charge is -2.31. The van der Waals surface area contributed by atoms with E-state index < -0.39 is 23.8 Å². The summed E-state index contributed by atoms with van der Waals surface area (Å²) >= 11 is 0. The Morgan fingerprint density at radius 2 is 1.63 bits per heavy atom. The summed E-state index contributed by atoms with van der Waals surface area (Å²) < 4.78 is 5.25. The number of benzene rings is 2. The van der Waals surface area contributed by atoms with Gasteiger partial charge in [0, 0.05) is 6.54 Å². The number of hydrogen-bond donors (Lipinski definition) is 0. The molecule has 2 aromatic carbocycles. The van der Waals surface area contributed by atoms with E-state index in [0.717, 1.165) is 15.4 Å². The summed E-state index contributed by atoms with van der Waals surface area (Å²) in [5.74, 6) is -1.61. The molecule has 7 nitrogen and oxygen atoms in total. The largest absolute Gasteiger partial charge is 0.457 e. The van der Waals surface area contributed by atoms with E-state index in [1.165, 1.54) is 24.3 Å². The molecule has 27 heavy (non-hydrogen) atoms. The molecule has 1 heterocycles. The Hall–Kier alpha value is -3.48. The minimum atomic E-state index is -0.682. The maximum Gasteiger partial charge on any atom is 0.338 e. The SMILES string of the molecule is CCN1C(=O)CC(=O)N(c2ccc(C(=O)OCc3ccccc3)cc2)C1=O. The molecule has 0 unspecified atom stereocenters. The first-order chi connectivity index (χ1) is 13.0. The van der Waals surface area contributed by atoms with Gasteiger partial charge in [0.2, 0.25) is 11.8 Å². The van der Waals surface area contributed by atoms with Crippen molar-refractivity contribution in [3.63, 3.8) is 0 Å². The molecule has 1 fully saturated rings. The Balaban J connectivity index is 1.71. The molecule has 1 aliphatic heterocycles. The summed E-state index contributed by atoms with van der Waals surface area (Å²) in [4.78, 5) is 50.4. The van der Waals surface area contributed by atoms with Gasteiger partial charge in [-0.2, -0.15) is 0 Å². The molecule has 2 aromatic rings. The molecule has 0 saturated carbocycles. The van der Waals surface area contributed by atoms with Gasteiger partial charge in [-0.1, -0.05) is 30.3 Å². The van der Waals surface area contributed by atoms with Gasteiger partial charge >= 0.3 is 12.0 Å². The number of hydrogen-bond acceptors (Lipinski definition) is 5. The predicted octanol–water partition coefficient (Wildman–Crippen LogP) is 2.75. The van der Waals surface area contributed by atoms with Crippen LogP contribution >= 0.6 is 0 Å². The second-order valence-corrected chi connectivity index (χ2v) is 5.94.